The van der Waals surface area contributed by atoms with Crippen LogP contribution in [0.3, 0.4) is 0 Å². The molecular formula is C18H20F2N4O4S. The smallest absolute Gasteiger partial charge is 0.265 e. The summed E-state index contributed by atoms with van der Waals surface area (Å²) in [6.07, 6.45) is 1.75. The van der Waals surface area contributed by atoms with Crippen LogP contribution in [0.5, 0.6) is 0 Å². The number of carbonyl (C=O) groups excluding carboxylic acids is 2. The monoisotopic (exact) mass is 426 g/mol. The number of piperidine rings is 1. The summed E-state index contributed by atoms with van der Waals surface area (Å²) in [5.74, 6) is -3.22. The van der Waals surface area contributed by atoms with Crippen molar-refractivity contribution in [3.63, 3.8) is 0 Å². The topological polar surface area (TPSA) is 114 Å². The van der Waals surface area contributed by atoms with E-state index in [0.29, 0.717) is 0 Å². The van der Waals surface area contributed by atoms with Gasteiger partial charge in [0.2, 0.25) is 15.9 Å². The van der Waals surface area contributed by atoms with Gasteiger partial charge < -0.3 is 15.6 Å². The van der Waals surface area contributed by atoms with E-state index in [1.807, 2.05) is 0 Å². The molecule has 1 aromatic carbocycles. The number of aryl methyl sites for hydroxylation is 1. The normalized spacial score (nSPS) is 16.0. The van der Waals surface area contributed by atoms with Gasteiger partial charge in [-0.2, -0.15) is 4.31 Å². The van der Waals surface area contributed by atoms with Gasteiger partial charge in [-0.1, -0.05) is 0 Å². The van der Waals surface area contributed by atoms with Crippen LogP contribution < -0.4 is 11.1 Å². The zero-order chi connectivity index (χ0) is 21.3. The maximum Gasteiger partial charge on any atom is 0.265 e. The molecule has 0 radical (unpaired) electrons. The Morgan fingerprint density at radius 2 is 1.83 bits per heavy atom. The second-order valence-corrected chi connectivity index (χ2v) is 8.77. The van der Waals surface area contributed by atoms with Gasteiger partial charge in [0.1, 0.15) is 22.2 Å². The van der Waals surface area contributed by atoms with Crippen LogP contribution in [0.25, 0.3) is 0 Å². The van der Waals surface area contributed by atoms with Gasteiger partial charge in [-0.3, -0.25) is 9.59 Å². The van der Waals surface area contributed by atoms with Crippen molar-refractivity contribution in [1.29, 1.82) is 0 Å². The molecule has 11 heteroatoms. The van der Waals surface area contributed by atoms with Crippen molar-refractivity contribution < 1.29 is 26.8 Å². The van der Waals surface area contributed by atoms with Crippen molar-refractivity contribution >= 4 is 27.5 Å². The van der Waals surface area contributed by atoms with Crippen LogP contribution in [0.15, 0.2) is 35.4 Å². The maximum absolute atomic E-state index is 13.7. The molecule has 8 nitrogen and oxygen atoms in total. The molecule has 156 valence electrons. The van der Waals surface area contributed by atoms with Crippen molar-refractivity contribution in [2.24, 2.45) is 18.7 Å². The molecule has 2 heterocycles. The van der Waals surface area contributed by atoms with Crippen molar-refractivity contribution in [1.82, 2.24) is 8.87 Å². The van der Waals surface area contributed by atoms with Gasteiger partial charge >= 0.3 is 0 Å². The number of aromatic nitrogens is 1. The molecule has 0 bridgehead atoms. The van der Waals surface area contributed by atoms with Crippen molar-refractivity contribution in [2.45, 2.75) is 17.7 Å². The third-order valence-electron chi connectivity index (χ3n) is 4.88. The second kappa shape index (κ2) is 7.91. The van der Waals surface area contributed by atoms with Gasteiger partial charge in [0, 0.05) is 38.3 Å². The van der Waals surface area contributed by atoms with Crippen LogP contribution in [0.4, 0.5) is 14.5 Å². The van der Waals surface area contributed by atoms with E-state index in [4.69, 9.17) is 5.73 Å². The summed E-state index contributed by atoms with van der Waals surface area (Å²) < 4.78 is 55.1. The molecule has 29 heavy (non-hydrogen) atoms. The molecule has 0 atom stereocenters. The molecule has 1 aliphatic heterocycles. The Bertz CT molecular complexity index is 1060. The van der Waals surface area contributed by atoms with Crippen LogP contribution in [0, 0.1) is 17.6 Å². The van der Waals surface area contributed by atoms with Crippen LogP contribution in [-0.4, -0.2) is 42.2 Å². The SMILES string of the molecule is Cn1cc(S(=O)(=O)N2CCC(C(=O)Nc3cc(F)ccc3F)CC2)cc1C(N)=O. The summed E-state index contributed by atoms with van der Waals surface area (Å²) >= 11 is 0. The van der Waals surface area contributed by atoms with Crippen LogP contribution in [-0.2, 0) is 21.9 Å². The zero-order valence-corrected chi connectivity index (χ0v) is 16.4. The van der Waals surface area contributed by atoms with E-state index in [-0.39, 0.29) is 42.2 Å². The predicted molar refractivity (Wildman–Crippen MR) is 100 cm³/mol. The van der Waals surface area contributed by atoms with Gasteiger partial charge in [-0.25, -0.2) is 17.2 Å². The number of nitrogens with one attached hydrogen (secondary N) is 1. The Hall–Kier alpha value is -2.79. The highest BCUT2D eigenvalue weighted by Crippen LogP contribution is 2.26. The highest BCUT2D eigenvalue weighted by atomic mass is 32.2. The molecule has 3 N–H and O–H groups in total. The first kappa shape index (κ1) is 20.9. The van der Waals surface area contributed by atoms with E-state index < -0.39 is 39.4 Å². The van der Waals surface area contributed by atoms with Crippen LogP contribution in [0.1, 0.15) is 23.3 Å². The first-order valence-corrected chi connectivity index (χ1v) is 10.3. The van der Waals surface area contributed by atoms with E-state index in [9.17, 15) is 26.8 Å². The molecule has 0 saturated carbocycles. The van der Waals surface area contributed by atoms with E-state index in [1.54, 1.807) is 0 Å². The lowest BCUT2D eigenvalue weighted by atomic mass is 9.97. The number of nitrogens with two attached hydrogens (primary N) is 1. The number of carbonyl (C=O) groups is 2. The van der Waals surface area contributed by atoms with E-state index in [1.165, 1.54) is 28.2 Å². The predicted octanol–water partition coefficient (Wildman–Crippen LogP) is 1.44. The minimum absolute atomic E-state index is 0.0569. The fourth-order valence-electron chi connectivity index (χ4n) is 3.26. The van der Waals surface area contributed by atoms with Gasteiger partial charge in [0.25, 0.3) is 5.91 Å². The van der Waals surface area contributed by atoms with Gasteiger partial charge in [-0.15, -0.1) is 0 Å². The molecule has 2 amide bonds. The third kappa shape index (κ3) is 4.30. The standard InChI is InChI=1S/C18H20F2N4O4S/c1-23-10-13(9-16(23)17(21)25)29(27,28)24-6-4-11(5-7-24)18(26)22-15-8-12(19)2-3-14(15)20/h2-3,8-11H,4-7H2,1H3,(H2,21,25)(H,22,26). The van der Waals surface area contributed by atoms with Crippen LogP contribution in [0.2, 0.25) is 0 Å². The lowest BCUT2D eigenvalue weighted by Crippen LogP contribution is -2.41. The highest BCUT2D eigenvalue weighted by molar-refractivity contribution is 7.89. The summed E-state index contributed by atoms with van der Waals surface area (Å²) in [6, 6.07) is 3.96. The second-order valence-electron chi connectivity index (χ2n) is 6.83. The van der Waals surface area contributed by atoms with Gasteiger partial charge in [-0.05, 0) is 31.0 Å². The van der Waals surface area contributed by atoms with E-state index in [2.05, 4.69) is 5.32 Å². The molecule has 0 spiro atoms. The van der Waals surface area contributed by atoms with Gasteiger partial charge in [0.15, 0.2) is 0 Å². The fraction of sp³-hybridized carbons (Fsp3) is 0.333. The molecular weight excluding hydrogens is 406 g/mol. The van der Waals surface area contributed by atoms with Crippen molar-refractivity contribution in [3.05, 3.63) is 47.8 Å². The Morgan fingerprint density at radius 3 is 2.41 bits per heavy atom. The van der Waals surface area contributed by atoms with Crippen molar-refractivity contribution in [2.75, 3.05) is 18.4 Å². The summed E-state index contributed by atoms with van der Waals surface area (Å²) in [5, 5.41) is 2.35. The summed E-state index contributed by atoms with van der Waals surface area (Å²) in [7, 11) is -2.34. The molecule has 1 fully saturated rings. The maximum atomic E-state index is 13.7. The van der Waals surface area contributed by atoms with E-state index >= 15 is 0 Å². The van der Waals surface area contributed by atoms with E-state index in [0.717, 1.165) is 18.2 Å². The molecule has 0 unspecified atom stereocenters. The molecule has 1 aliphatic rings. The zero-order valence-electron chi connectivity index (χ0n) is 15.6. The largest absolute Gasteiger partial charge is 0.364 e. The Morgan fingerprint density at radius 1 is 1.17 bits per heavy atom. The number of sulfonamides is 1. The average molecular weight is 426 g/mol. The minimum atomic E-state index is -3.85. The number of amides is 2. The molecule has 2 aromatic rings. The van der Waals surface area contributed by atoms with Crippen LogP contribution >= 0.6 is 0 Å². The number of nitrogens with zero attached hydrogens (tertiary/aromatic N) is 2. The number of halogens is 2. The summed E-state index contributed by atoms with van der Waals surface area (Å²) in [6.45, 7) is 0.152. The number of benzene rings is 1. The third-order valence-corrected chi connectivity index (χ3v) is 6.75. The fourth-order valence-corrected chi connectivity index (χ4v) is 4.80. The van der Waals surface area contributed by atoms with Crippen molar-refractivity contribution in [3.8, 4) is 0 Å². The number of rotatable bonds is 5. The first-order valence-electron chi connectivity index (χ1n) is 8.82. The summed E-state index contributed by atoms with van der Waals surface area (Å²) in [4.78, 5) is 23.7. The summed E-state index contributed by atoms with van der Waals surface area (Å²) in [5.41, 5.74) is 5.03. The van der Waals surface area contributed by atoms with Gasteiger partial charge in [0.05, 0.1) is 5.69 Å². The Kier molecular flexibility index (Phi) is 5.71. The number of hydrogen-bond donors (Lipinski definition) is 2. The lowest BCUT2D eigenvalue weighted by Gasteiger charge is -2.30. The average Bonchev–Trinajstić information content (AvgIpc) is 3.07. The molecule has 1 saturated heterocycles. The Balaban J connectivity index is 1.66. The molecule has 1 aromatic heterocycles. The quantitative estimate of drug-likeness (QED) is 0.753. The Labute approximate surface area is 166 Å². The first-order chi connectivity index (χ1) is 13.6. The lowest BCUT2D eigenvalue weighted by molar-refractivity contribution is -0.120. The number of primary amides is 1. The molecule has 3 rings (SSSR count). The highest BCUT2D eigenvalue weighted by Gasteiger charge is 2.33. The molecule has 0 aliphatic carbocycles. The number of hydrogen-bond acceptors (Lipinski definition) is 4. The number of anilines is 1. The minimum Gasteiger partial charge on any atom is -0.364 e.